The average Bonchev–Trinajstić information content (AvgIpc) is 2.47. The Kier molecular flexibility index (Phi) is 3.71. The van der Waals surface area contributed by atoms with Crippen LogP contribution in [0.2, 0.25) is 0 Å². The maximum atomic E-state index is 11.7. The molecule has 3 rings (SSSR count). The quantitative estimate of drug-likeness (QED) is 0.815. The zero-order valence-electron chi connectivity index (χ0n) is 11.5. The Morgan fingerprint density at radius 3 is 2.80 bits per heavy atom. The van der Waals surface area contributed by atoms with Crippen molar-refractivity contribution in [2.45, 2.75) is 6.54 Å². The molecule has 0 bridgehead atoms. The number of quaternary nitrogens is 1. The molecule has 1 aromatic carbocycles. The second-order valence-corrected chi connectivity index (χ2v) is 4.99. The molecule has 1 aliphatic rings. The lowest BCUT2D eigenvalue weighted by molar-refractivity contribution is -0.921. The van der Waals surface area contributed by atoms with Crippen molar-refractivity contribution < 1.29 is 18.8 Å². The maximum absolute atomic E-state index is 11.7. The van der Waals surface area contributed by atoms with Crippen molar-refractivity contribution in [3.63, 3.8) is 0 Å². The van der Waals surface area contributed by atoms with Crippen LogP contribution in [-0.4, -0.2) is 33.4 Å². The fourth-order valence-corrected chi connectivity index (χ4v) is 2.59. The summed E-state index contributed by atoms with van der Waals surface area (Å²) < 4.78 is 15.8. The zero-order valence-corrected chi connectivity index (χ0v) is 11.5. The third kappa shape index (κ3) is 2.69. The highest BCUT2D eigenvalue weighted by molar-refractivity contribution is 5.81. The molecule has 5 heteroatoms. The molecule has 1 aliphatic heterocycles. The second-order valence-electron chi connectivity index (χ2n) is 4.99. The van der Waals surface area contributed by atoms with Crippen LogP contribution in [0.25, 0.3) is 11.0 Å². The summed E-state index contributed by atoms with van der Waals surface area (Å²) in [6, 6.07) is 7.19. The van der Waals surface area contributed by atoms with Crippen LogP contribution in [0.1, 0.15) is 5.56 Å². The molecule has 20 heavy (non-hydrogen) atoms. The van der Waals surface area contributed by atoms with Crippen LogP contribution in [0.3, 0.4) is 0 Å². The van der Waals surface area contributed by atoms with Crippen molar-refractivity contribution in [3.05, 3.63) is 40.2 Å². The number of benzene rings is 1. The summed E-state index contributed by atoms with van der Waals surface area (Å²) in [4.78, 5) is 13.1. The third-order valence-electron chi connectivity index (χ3n) is 3.68. The first-order valence-electron chi connectivity index (χ1n) is 6.78. The molecule has 5 nitrogen and oxygen atoms in total. The van der Waals surface area contributed by atoms with Gasteiger partial charge in [0.2, 0.25) is 0 Å². The SMILES string of the molecule is COc1ccc2c(C[NH+]3CCOCC3)cc(=O)oc2c1. The van der Waals surface area contributed by atoms with Gasteiger partial charge in [-0.3, -0.25) is 0 Å². The van der Waals surface area contributed by atoms with Crippen molar-refractivity contribution in [2.75, 3.05) is 33.4 Å². The molecule has 1 aromatic heterocycles. The van der Waals surface area contributed by atoms with Gasteiger partial charge >= 0.3 is 5.63 Å². The number of hydrogen-bond acceptors (Lipinski definition) is 4. The van der Waals surface area contributed by atoms with E-state index in [-0.39, 0.29) is 5.63 Å². The summed E-state index contributed by atoms with van der Waals surface area (Å²) in [7, 11) is 1.60. The van der Waals surface area contributed by atoms with E-state index >= 15 is 0 Å². The Labute approximate surface area is 116 Å². The summed E-state index contributed by atoms with van der Waals surface area (Å²) in [6.45, 7) is 4.32. The van der Waals surface area contributed by atoms with E-state index in [1.165, 1.54) is 4.90 Å². The van der Waals surface area contributed by atoms with E-state index in [9.17, 15) is 4.79 Å². The Bertz CT molecular complexity index is 658. The largest absolute Gasteiger partial charge is 0.497 e. The summed E-state index contributed by atoms with van der Waals surface area (Å²) in [5.74, 6) is 0.691. The van der Waals surface area contributed by atoms with E-state index < -0.39 is 0 Å². The van der Waals surface area contributed by atoms with Gasteiger partial charge in [-0.05, 0) is 12.1 Å². The van der Waals surface area contributed by atoms with Crippen molar-refractivity contribution in [1.82, 2.24) is 0 Å². The summed E-state index contributed by atoms with van der Waals surface area (Å²) in [6.07, 6.45) is 0. The fourth-order valence-electron chi connectivity index (χ4n) is 2.59. The topological polar surface area (TPSA) is 53.1 Å². The van der Waals surface area contributed by atoms with Crippen LogP contribution in [-0.2, 0) is 11.3 Å². The number of morpholine rings is 1. The first-order chi connectivity index (χ1) is 9.76. The lowest BCUT2D eigenvalue weighted by Crippen LogP contribution is -3.12. The third-order valence-corrected chi connectivity index (χ3v) is 3.68. The lowest BCUT2D eigenvalue weighted by atomic mass is 10.1. The predicted molar refractivity (Wildman–Crippen MR) is 74.3 cm³/mol. The summed E-state index contributed by atoms with van der Waals surface area (Å²) in [5, 5.41) is 0.976. The van der Waals surface area contributed by atoms with Crippen molar-refractivity contribution in [3.8, 4) is 5.75 Å². The van der Waals surface area contributed by atoms with Gasteiger partial charge in [0.1, 0.15) is 31.0 Å². The minimum atomic E-state index is -0.312. The second kappa shape index (κ2) is 5.64. The Balaban J connectivity index is 1.98. The lowest BCUT2D eigenvalue weighted by Gasteiger charge is -2.24. The van der Waals surface area contributed by atoms with Crippen LogP contribution < -0.4 is 15.3 Å². The Morgan fingerprint density at radius 1 is 1.25 bits per heavy atom. The van der Waals surface area contributed by atoms with Gasteiger partial charge in [-0.1, -0.05) is 0 Å². The van der Waals surface area contributed by atoms with Crippen molar-refractivity contribution in [2.24, 2.45) is 0 Å². The molecule has 0 atom stereocenters. The summed E-state index contributed by atoms with van der Waals surface area (Å²) >= 11 is 0. The van der Waals surface area contributed by atoms with Gasteiger partial charge in [-0.25, -0.2) is 4.79 Å². The number of methoxy groups -OCH3 is 1. The Hall–Kier alpha value is -1.85. The molecule has 2 heterocycles. The number of rotatable bonds is 3. The standard InChI is InChI=1S/C15H17NO4/c1-18-12-2-3-13-11(8-15(17)20-14(13)9-12)10-16-4-6-19-7-5-16/h2-3,8-9H,4-7,10H2,1H3/p+1. The fraction of sp³-hybridized carbons (Fsp3) is 0.400. The highest BCUT2D eigenvalue weighted by atomic mass is 16.5. The number of fused-ring (bicyclic) bond motifs is 1. The maximum Gasteiger partial charge on any atom is 0.336 e. The van der Waals surface area contributed by atoms with Crippen LogP contribution in [0.15, 0.2) is 33.5 Å². The number of ether oxygens (including phenoxy) is 2. The molecule has 0 saturated carbocycles. The van der Waals surface area contributed by atoms with Crippen LogP contribution in [0, 0.1) is 0 Å². The van der Waals surface area contributed by atoms with Gasteiger partial charge < -0.3 is 18.8 Å². The van der Waals surface area contributed by atoms with E-state index in [0.29, 0.717) is 11.3 Å². The molecule has 2 aromatic rings. The monoisotopic (exact) mass is 276 g/mol. The van der Waals surface area contributed by atoms with Gasteiger partial charge in [-0.2, -0.15) is 0 Å². The highest BCUT2D eigenvalue weighted by Gasteiger charge is 2.17. The first-order valence-corrected chi connectivity index (χ1v) is 6.78. The van der Waals surface area contributed by atoms with E-state index in [4.69, 9.17) is 13.9 Å². The molecule has 1 N–H and O–H groups in total. The average molecular weight is 276 g/mol. The molecule has 0 amide bonds. The molecule has 0 radical (unpaired) electrons. The highest BCUT2D eigenvalue weighted by Crippen LogP contribution is 2.22. The molecule has 106 valence electrons. The smallest absolute Gasteiger partial charge is 0.336 e. The van der Waals surface area contributed by atoms with Gasteiger partial charge in [-0.15, -0.1) is 0 Å². The Morgan fingerprint density at radius 2 is 2.05 bits per heavy atom. The van der Waals surface area contributed by atoms with Crippen molar-refractivity contribution >= 4 is 11.0 Å². The summed E-state index contributed by atoms with van der Waals surface area (Å²) in [5.41, 5.74) is 1.30. The minimum Gasteiger partial charge on any atom is -0.497 e. The number of nitrogens with one attached hydrogen (secondary N) is 1. The van der Waals surface area contributed by atoms with E-state index in [1.54, 1.807) is 19.2 Å². The van der Waals surface area contributed by atoms with Gasteiger partial charge in [0.25, 0.3) is 0 Å². The molecular weight excluding hydrogens is 258 g/mol. The van der Waals surface area contributed by atoms with E-state index in [1.807, 2.05) is 12.1 Å². The molecule has 0 spiro atoms. The number of hydrogen-bond donors (Lipinski definition) is 1. The van der Waals surface area contributed by atoms with Gasteiger partial charge in [0, 0.05) is 23.1 Å². The molecule has 0 unspecified atom stereocenters. The van der Waals surface area contributed by atoms with Crippen LogP contribution >= 0.6 is 0 Å². The van der Waals surface area contributed by atoms with Gasteiger partial charge in [0.15, 0.2) is 0 Å². The minimum absolute atomic E-state index is 0.312. The first kappa shape index (κ1) is 13.1. The molecule has 1 fully saturated rings. The van der Waals surface area contributed by atoms with Crippen LogP contribution in [0.5, 0.6) is 5.75 Å². The predicted octanol–water partition coefficient (Wildman–Crippen LogP) is 0.217. The zero-order chi connectivity index (χ0) is 13.9. The van der Waals surface area contributed by atoms with Crippen molar-refractivity contribution in [1.29, 1.82) is 0 Å². The van der Waals surface area contributed by atoms with E-state index in [2.05, 4.69) is 0 Å². The van der Waals surface area contributed by atoms with Gasteiger partial charge in [0.05, 0.1) is 20.3 Å². The normalized spacial score (nSPS) is 16.4. The molecular formula is C15H18NO4+. The van der Waals surface area contributed by atoms with Crippen LogP contribution in [0.4, 0.5) is 0 Å². The molecule has 1 saturated heterocycles. The molecule has 0 aliphatic carbocycles. The van der Waals surface area contributed by atoms with E-state index in [0.717, 1.165) is 43.8 Å².